The monoisotopic (exact) mass is 280 g/mol. The van der Waals surface area contributed by atoms with Crippen LogP contribution in [0.4, 0.5) is 0 Å². The number of nitrogens with zero attached hydrogens (tertiary/aromatic N) is 4. The van der Waals surface area contributed by atoms with E-state index in [1.807, 2.05) is 0 Å². The predicted octanol–water partition coefficient (Wildman–Crippen LogP) is 1.78. The molecule has 0 fully saturated rings. The Morgan fingerprint density at radius 3 is 2.53 bits per heavy atom. The van der Waals surface area contributed by atoms with Gasteiger partial charge in [0.05, 0.1) is 11.4 Å². The second-order valence-electron chi connectivity index (χ2n) is 3.87. The van der Waals surface area contributed by atoms with E-state index in [9.17, 15) is 9.90 Å². The summed E-state index contributed by atoms with van der Waals surface area (Å²) in [6.07, 6.45) is 0. The molecule has 0 saturated carbocycles. The number of hydrogen-bond acceptors (Lipinski definition) is 7. The molecule has 2 heterocycles. The topological polar surface area (TPSA) is 102 Å². The number of rotatable bonds is 4. The minimum Gasteiger partial charge on any atom is -0.478 e. The van der Waals surface area contributed by atoms with E-state index in [2.05, 4.69) is 20.1 Å². The molecule has 7 nitrogen and oxygen atoms in total. The third-order valence-corrected chi connectivity index (χ3v) is 3.24. The molecule has 0 radical (unpaired) electrons. The van der Waals surface area contributed by atoms with Crippen LogP contribution in [0.25, 0.3) is 0 Å². The number of carbonyl (C=O) groups is 1. The average molecular weight is 280 g/mol. The van der Waals surface area contributed by atoms with Crippen LogP contribution >= 0.6 is 11.8 Å². The standard InChI is InChI=1S/C11H12N4O3S/c1-5-9(11(16)17)10(14-6(2)12-5)19-4-8-13-7(3)15-18-8/h4H2,1-3H3,(H,16,17). The molecule has 2 aromatic rings. The van der Waals surface area contributed by atoms with Crippen LogP contribution in [-0.4, -0.2) is 31.2 Å². The summed E-state index contributed by atoms with van der Waals surface area (Å²) in [5.74, 6) is 0.849. The molecule has 2 rings (SSSR count). The van der Waals surface area contributed by atoms with E-state index in [-0.39, 0.29) is 5.56 Å². The van der Waals surface area contributed by atoms with E-state index in [1.165, 1.54) is 11.8 Å². The molecule has 19 heavy (non-hydrogen) atoms. The molecule has 100 valence electrons. The van der Waals surface area contributed by atoms with Crippen molar-refractivity contribution in [2.45, 2.75) is 31.6 Å². The van der Waals surface area contributed by atoms with Crippen molar-refractivity contribution in [2.75, 3.05) is 0 Å². The van der Waals surface area contributed by atoms with Gasteiger partial charge < -0.3 is 9.63 Å². The number of aromatic carboxylic acids is 1. The molecule has 1 N–H and O–H groups in total. The molecule has 0 aliphatic carbocycles. The Labute approximate surface area is 113 Å². The van der Waals surface area contributed by atoms with Gasteiger partial charge in [0.1, 0.15) is 16.4 Å². The first kappa shape index (κ1) is 13.5. The molecule has 0 unspecified atom stereocenters. The predicted molar refractivity (Wildman–Crippen MR) is 67.1 cm³/mol. The molecule has 0 bridgehead atoms. The zero-order valence-corrected chi connectivity index (χ0v) is 11.5. The van der Waals surface area contributed by atoms with Crippen molar-refractivity contribution in [1.29, 1.82) is 0 Å². The van der Waals surface area contributed by atoms with Crippen molar-refractivity contribution in [1.82, 2.24) is 20.1 Å². The van der Waals surface area contributed by atoms with Crippen molar-refractivity contribution >= 4 is 17.7 Å². The van der Waals surface area contributed by atoms with Crippen LogP contribution in [-0.2, 0) is 5.75 Å². The summed E-state index contributed by atoms with van der Waals surface area (Å²) in [4.78, 5) is 23.5. The molecule has 0 saturated heterocycles. The van der Waals surface area contributed by atoms with Crippen LogP contribution in [0.15, 0.2) is 9.55 Å². The Morgan fingerprint density at radius 2 is 1.95 bits per heavy atom. The van der Waals surface area contributed by atoms with Gasteiger partial charge in [-0.2, -0.15) is 4.98 Å². The van der Waals surface area contributed by atoms with Crippen molar-refractivity contribution in [3.05, 3.63) is 28.8 Å². The van der Waals surface area contributed by atoms with Crippen molar-refractivity contribution in [3.8, 4) is 0 Å². The van der Waals surface area contributed by atoms with Gasteiger partial charge in [-0.1, -0.05) is 16.9 Å². The third-order valence-electron chi connectivity index (χ3n) is 2.28. The van der Waals surface area contributed by atoms with Gasteiger partial charge in [0.2, 0.25) is 5.89 Å². The summed E-state index contributed by atoms with van der Waals surface area (Å²) in [5, 5.41) is 13.3. The second-order valence-corrected chi connectivity index (χ2v) is 4.83. The van der Waals surface area contributed by atoms with E-state index in [4.69, 9.17) is 4.52 Å². The molecule has 0 spiro atoms. The summed E-state index contributed by atoms with van der Waals surface area (Å²) in [6, 6.07) is 0. The zero-order chi connectivity index (χ0) is 14.0. The van der Waals surface area contributed by atoms with Crippen molar-refractivity contribution in [3.63, 3.8) is 0 Å². The van der Waals surface area contributed by atoms with Crippen molar-refractivity contribution in [2.24, 2.45) is 0 Å². The van der Waals surface area contributed by atoms with Gasteiger partial charge in [0.25, 0.3) is 0 Å². The maximum Gasteiger partial charge on any atom is 0.340 e. The van der Waals surface area contributed by atoms with Gasteiger partial charge >= 0.3 is 5.97 Å². The van der Waals surface area contributed by atoms with E-state index in [0.29, 0.717) is 34.0 Å². The third kappa shape index (κ3) is 3.08. The highest BCUT2D eigenvalue weighted by atomic mass is 32.2. The van der Waals surface area contributed by atoms with Crippen LogP contribution in [0.3, 0.4) is 0 Å². The number of carboxylic acids is 1. The second kappa shape index (κ2) is 5.35. The van der Waals surface area contributed by atoms with Crippen LogP contribution in [0.1, 0.15) is 33.6 Å². The Kier molecular flexibility index (Phi) is 3.79. The molecule has 0 aliphatic rings. The Balaban J connectivity index is 2.26. The number of hydrogen-bond donors (Lipinski definition) is 1. The number of thioether (sulfide) groups is 1. The van der Waals surface area contributed by atoms with Crippen LogP contribution in [0.2, 0.25) is 0 Å². The van der Waals surface area contributed by atoms with E-state index >= 15 is 0 Å². The normalized spacial score (nSPS) is 10.7. The smallest absolute Gasteiger partial charge is 0.340 e. The van der Waals surface area contributed by atoms with Crippen LogP contribution in [0, 0.1) is 20.8 Å². The lowest BCUT2D eigenvalue weighted by atomic mass is 10.2. The summed E-state index contributed by atoms with van der Waals surface area (Å²) in [6.45, 7) is 5.10. The fourth-order valence-electron chi connectivity index (χ4n) is 1.56. The average Bonchev–Trinajstić information content (AvgIpc) is 2.71. The highest BCUT2D eigenvalue weighted by Gasteiger charge is 2.18. The lowest BCUT2D eigenvalue weighted by Crippen LogP contribution is -2.08. The highest BCUT2D eigenvalue weighted by molar-refractivity contribution is 7.98. The van der Waals surface area contributed by atoms with Gasteiger partial charge in [-0.05, 0) is 20.8 Å². The largest absolute Gasteiger partial charge is 0.478 e. The lowest BCUT2D eigenvalue weighted by Gasteiger charge is -2.07. The molecule has 2 aromatic heterocycles. The SMILES string of the molecule is Cc1noc(CSc2nc(C)nc(C)c2C(=O)O)n1. The highest BCUT2D eigenvalue weighted by Crippen LogP contribution is 2.25. The number of aromatic nitrogens is 4. The first-order valence-corrected chi connectivity index (χ1v) is 6.46. The minimum absolute atomic E-state index is 0.117. The molecular formula is C11H12N4O3S. The van der Waals surface area contributed by atoms with E-state index in [0.717, 1.165) is 0 Å². The summed E-state index contributed by atoms with van der Waals surface area (Å²) < 4.78 is 4.97. The molecule has 0 aromatic carbocycles. The van der Waals surface area contributed by atoms with E-state index in [1.54, 1.807) is 20.8 Å². The fraction of sp³-hybridized carbons (Fsp3) is 0.364. The van der Waals surface area contributed by atoms with Gasteiger partial charge in [0, 0.05) is 0 Å². The van der Waals surface area contributed by atoms with Crippen LogP contribution in [0.5, 0.6) is 0 Å². The number of carboxylic acid groups (broad SMARTS) is 1. The zero-order valence-electron chi connectivity index (χ0n) is 10.7. The summed E-state index contributed by atoms with van der Waals surface area (Å²) in [7, 11) is 0. The molecular weight excluding hydrogens is 268 g/mol. The summed E-state index contributed by atoms with van der Waals surface area (Å²) >= 11 is 1.24. The van der Waals surface area contributed by atoms with Crippen LogP contribution < -0.4 is 0 Å². The fourth-order valence-corrected chi connectivity index (χ4v) is 2.51. The Morgan fingerprint density at radius 1 is 1.21 bits per heavy atom. The Hall–Kier alpha value is -1.96. The lowest BCUT2D eigenvalue weighted by molar-refractivity contribution is 0.0690. The first-order chi connectivity index (χ1) is 8.97. The first-order valence-electron chi connectivity index (χ1n) is 5.48. The quantitative estimate of drug-likeness (QED) is 0.667. The van der Waals surface area contributed by atoms with Crippen molar-refractivity contribution < 1.29 is 14.4 Å². The summed E-state index contributed by atoms with van der Waals surface area (Å²) in [5.41, 5.74) is 0.566. The molecule has 0 amide bonds. The van der Waals surface area contributed by atoms with Gasteiger partial charge in [-0.25, -0.2) is 14.8 Å². The maximum atomic E-state index is 11.2. The minimum atomic E-state index is -1.04. The number of aryl methyl sites for hydroxylation is 3. The Bertz CT molecular complexity index is 626. The molecule has 8 heteroatoms. The van der Waals surface area contributed by atoms with E-state index < -0.39 is 5.97 Å². The van der Waals surface area contributed by atoms with Gasteiger partial charge in [-0.15, -0.1) is 0 Å². The molecule has 0 aliphatic heterocycles. The van der Waals surface area contributed by atoms with Gasteiger partial charge in [0.15, 0.2) is 5.82 Å². The molecule has 0 atom stereocenters. The maximum absolute atomic E-state index is 11.2. The van der Waals surface area contributed by atoms with Gasteiger partial charge in [-0.3, -0.25) is 0 Å².